The molecule has 1 saturated carbocycles. The number of aryl methyl sites for hydroxylation is 2. The van der Waals surface area contributed by atoms with Crippen LogP contribution in [-0.2, 0) is 9.84 Å². The Morgan fingerprint density at radius 3 is 2.30 bits per heavy atom. The van der Waals surface area contributed by atoms with E-state index in [1.54, 1.807) is 0 Å². The van der Waals surface area contributed by atoms with Crippen LogP contribution in [0.5, 0.6) is 0 Å². The molecular weight excluding hydrogens is 272 g/mol. The summed E-state index contributed by atoms with van der Waals surface area (Å²) in [5.41, 5.74) is 2.75. The Kier molecular flexibility index (Phi) is 4.33. The third-order valence-corrected chi connectivity index (χ3v) is 5.97. The lowest BCUT2D eigenvalue weighted by Crippen LogP contribution is -2.31. The molecule has 20 heavy (non-hydrogen) atoms. The maximum Gasteiger partial charge on any atom is 0.166 e. The summed E-state index contributed by atoms with van der Waals surface area (Å²) in [6.07, 6.45) is 4.07. The average molecular weight is 294 g/mol. The number of hydrogen-bond acceptors (Lipinski definition) is 3. The van der Waals surface area contributed by atoms with E-state index in [1.807, 2.05) is 32.0 Å². The normalized spacial score (nSPS) is 23.6. The van der Waals surface area contributed by atoms with E-state index in [4.69, 9.17) is 0 Å². The number of rotatable bonds is 3. The van der Waals surface area contributed by atoms with Gasteiger partial charge < -0.3 is 0 Å². The molecule has 4 heteroatoms. The van der Waals surface area contributed by atoms with Gasteiger partial charge in [0.1, 0.15) is 9.84 Å². The highest BCUT2D eigenvalue weighted by atomic mass is 32.2. The molecule has 0 N–H and O–H groups in total. The predicted molar refractivity (Wildman–Crippen MR) is 80.8 cm³/mol. The van der Waals surface area contributed by atoms with Crippen molar-refractivity contribution in [3.63, 3.8) is 0 Å². The van der Waals surface area contributed by atoms with Crippen molar-refractivity contribution in [2.24, 2.45) is 5.92 Å². The molecule has 2 rings (SSSR count). The molecule has 3 nitrogen and oxygen atoms in total. The fraction of sp³-hybridized carbons (Fsp3) is 0.562. The molecule has 0 spiro atoms. The van der Waals surface area contributed by atoms with E-state index < -0.39 is 9.84 Å². The van der Waals surface area contributed by atoms with Gasteiger partial charge in [-0.25, -0.2) is 8.42 Å². The smallest absolute Gasteiger partial charge is 0.166 e. The number of carbonyl (C=O) groups excluding carboxylic acids is 1. The largest absolute Gasteiger partial charge is 0.294 e. The van der Waals surface area contributed by atoms with Crippen molar-refractivity contribution in [2.45, 2.75) is 44.8 Å². The number of ketones is 1. The summed E-state index contributed by atoms with van der Waals surface area (Å²) in [5.74, 6) is -0.0303. The van der Waals surface area contributed by atoms with Gasteiger partial charge in [0.2, 0.25) is 0 Å². The lowest BCUT2D eigenvalue weighted by molar-refractivity contribution is 0.0889. The number of carbonyl (C=O) groups is 1. The molecule has 0 aliphatic heterocycles. The zero-order valence-corrected chi connectivity index (χ0v) is 13.2. The maximum absolute atomic E-state index is 12.7. The third-order valence-electron chi connectivity index (χ3n) is 4.33. The number of Topliss-reactive ketones (excluding diaryl/α,β-unsaturated/α-hetero) is 1. The van der Waals surface area contributed by atoms with Crippen molar-refractivity contribution in [3.8, 4) is 0 Å². The van der Waals surface area contributed by atoms with Crippen LogP contribution in [0.4, 0.5) is 0 Å². The van der Waals surface area contributed by atoms with Crippen LogP contribution in [0, 0.1) is 19.8 Å². The van der Waals surface area contributed by atoms with Crippen LogP contribution < -0.4 is 0 Å². The van der Waals surface area contributed by atoms with Crippen molar-refractivity contribution < 1.29 is 13.2 Å². The third kappa shape index (κ3) is 3.11. The minimum atomic E-state index is -3.05. The molecule has 0 saturated heterocycles. The molecule has 1 fully saturated rings. The Morgan fingerprint density at radius 2 is 1.75 bits per heavy atom. The second-order valence-electron chi connectivity index (χ2n) is 5.95. The number of hydrogen-bond donors (Lipinski definition) is 0. The minimum Gasteiger partial charge on any atom is -0.294 e. The fourth-order valence-electron chi connectivity index (χ4n) is 3.18. The van der Waals surface area contributed by atoms with Crippen molar-refractivity contribution in [1.29, 1.82) is 0 Å². The molecule has 1 aromatic carbocycles. The first kappa shape index (κ1) is 15.2. The summed E-state index contributed by atoms with van der Waals surface area (Å²) in [6.45, 7) is 3.88. The first-order valence-electron chi connectivity index (χ1n) is 7.10. The van der Waals surface area contributed by atoms with Crippen molar-refractivity contribution >= 4 is 15.6 Å². The van der Waals surface area contributed by atoms with E-state index in [1.165, 1.54) is 6.26 Å². The highest BCUT2D eigenvalue weighted by Gasteiger charge is 2.33. The lowest BCUT2D eigenvalue weighted by Gasteiger charge is -2.27. The Labute approximate surface area is 121 Å². The summed E-state index contributed by atoms with van der Waals surface area (Å²) in [5, 5.41) is -0.352. The molecule has 1 aliphatic carbocycles. The van der Waals surface area contributed by atoms with Crippen LogP contribution in [0.3, 0.4) is 0 Å². The van der Waals surface area contributed by atoms with E-state index in [-0.39, 0.29) is 17.0 Å². The first-order valence-corrected chi connectivity index (χ1v) is 9.05. The van der Waals surface area contributed by atoms with E-state index in [9.17, 15) is 13.2 Å². The second-order valence-corrected chi connectivity index (χ2v) is 8.27. The van der Waals surface area contributed by atoms with Crippen LogP contribution in [0.2, 0.25) is 0 Å². The molecule has 0 aromatic heterocycles. The van der Waals surface area contributed by atoms with Crippen LogP contribution in [0.15, 0.2) is 18.2 Å². The van der Waals surface area contributed by atoms with E-state index >= 15 is 0 Å². The predicted octanol–water partition coefficient (Wildman–Crippen LogP) is 3.09. The van der Waals surface area contributed by atoms with E-state index in [2.05, 4.69) is 0 Å². The zero-order valence-electron chi connectivity index (χ0n) is 12.3. The van der Waals surface area contributed by atoms with Gasteiger partial charge in [0.25, 0.3) is 0 Å². The number of benzene rings is 1. The summed E-state index contributed by atoms with van der Waals surface area (Å²) in [6, 6.07) is 5.83. The summed E-state index contributed by atoms with van der Waals surface area (Å²) >= 11 is 0. The van der Waals surface area contributed by atoms with Gasteiger partial charge in [-0.05, 0) is 44.2 Å². The van der Waals surface area contributed by atoms with Gasteiger partial charge >= 0.3 is 0 Å². The van der Waals surface area contributed by atoms with Gasteiger partial charge in [0.15, 0.2) is 5.78 Å². The van der Waals surface area contributed by atoms with Crippen LogP contribution in [0.25, 0.3) is 0 Å². The molecule has 2 unspecified atom stereocenters. The van der Waals surface area contributed by atoms with Crippen molar-refractivity contribution in [3.05, 3.63) is 34.9 Å². The molecule has 110 valence electrons. The quantitative estimate of drug-likeness (QED) is 0.805. The summed E-state index contributed by atoms with van der Waals surface area (Å²) in [7, 11) is -3.05. The Morgan fingerprint density at radius 1 is 1.15 bits per heavy atom. The standard InChI is InChI=1S/C16H22O3S/c1-11-6-4-7-12(2)15(11)16(17)13-8-5-9-14(10-13)20(3,18)19/h4,6-7,13-14H,5,8-10H2,1-3H3. The molecule has 0 amide bonds. The van der Waals surface area contributed by atoms with Gasteiger partial charge in [0.05, 0.1) is 5.25 Å². The molecule has 0 radical (unpaired) electrons. The summed E-state index contributed by atoms with van der Waals surface area (Å²) < 4.78 is 23.4. The van der Waals surface area contributed by atoms with Gasteiger partial charge in [0, 0.05) is 17.7 Å². The maximum atomic E-state index is 12.7. The van der Waals surface area contributed by atoms with E-state index in [0.717, 1.165) is 29.5 Å². The van der Waals surface area contributed by atoms with E-state index in [0.29, 0.717) is 12.8 Å². The van der Waals surface area contributed by atoms with Gasteiger partial charge in [-0.3, -0.25) is 4.79 Å². The second kappa shape index (κ2) is 5.68. The fourth-order valence-corrected chi connectivity index (χ4v) is 4.36. The van der Waals surface area contributed by atoms with Gasteiger partial charge in [-0.2, -0.15) is 0 Å². The average Bonchev–Trinajstić information content (AvgIpc) is 2.37. The molecule has 2 atom stereocenters. The van der Waals surface area contributed by atoms with Crippen LogP contribution in [-0.4, -0.2) is 25.7 Å². The molecule has 0 bridgehead atoms. The monoisotopic (exact) mass is 294 g/mol. The SMILES string of the molecule is Cc1cccc(C)c1C(=O)C1CCCC(S(C)(=O)=O)C1. The Hall–Kier alpha value is -1.16. The minimum absolute atomic E-state index is 0.119. The van der Waals surface area contributed by atoms with Gasteiger partial charge in [-0.15, -0.1) is 0 Å². The Bertz CT molecular complexity index is 596. The number of sulfone groups is 1. The molecule has 0 heterocycles. The van der Waals surface area contributed by atoms with Gasteiger partial charge in [-0.1, -0.05) is 24.6 Å². The zero-order chi connectivity index (χ0) is 14.9. The Balaban J connectivity index is 2.26. The molecule has 1 aliphatic rings. The highest BCUT2D eigenvalue weighted by molar-refractivity contribution is 7.91. The van der Waals surface area contributed by atoms with Crippen LogP contribution >= 0.6 is 0 Å². The molecule has 1 aromatic rings. The van der Waals surface area contributed by atoms with Crippen molar-refractivity contribution in [2.75, 3.05) is 6.26 Å². The lowest BCUT2D eigenvalue weighted by atomic mass is 9.81. The first-order chi connectivity index (χ1) is 9.30. The van der Waals surface area contributed by atoms with Crippen molar-refractivity contribution in [1.82, 2.24) is 0 Å². The molecular formula is C16H22O3S. The highest BCUT2D eigenvalue weighted by Crippen LogP contribution is 2.32. The van der Waals surface area contributed by atoms with Crippen LogP contribution in [0.1, 0.15) is 47.2 Å². The summed E-state index contributed by atoms with van der Waals surface area (Å²) in [4.78, 5) is 12.7. The topological polar surface area (TPSA) is 51.2 Å².